The largest absolute Gasteiger partial charge is 0.633 e. The van der Waals surface area contributed by atoms with Crippen LogP contribution >= 0.6 is 0 Å². The fourth-order valence-electron chi connectivity index (χ4n) is 12.9. The molecule has 2 fully saturated rings. The topological polar surface area (TPSA) is 287 Å². The maximum atomic E-state index is 15.0. The Morgan fingerprint density at radius 1 is 0.609 bits per heavy atom. The summed E-state index contributed by atoms with van der Waals surface area (Å²) in [6.07, 6.45) is 1.14. The van der Waals surface area contributed by atoms with Crippen LogP contribution in [0, 0.1) is 64.4 Å². The van der Waals surface area contributed by atoms with Gasteiger partial charge in [0.05, 0.1) is 62.1 Å². The first-order valence-corrected chi connectivity index (χ1v) is 34.2. The van der Waals surface area contributed by atoms with Crippen LogP contribution in [0.5, 0.6) is 0 Å². The molecule has 92 heavy (non-hydrogen) atoms. The number of aliphatic hydroxyl groups excluding tert-OH is 1. The van der Waals surface area contributed by atoms with Crippen molar-refractivity contribution in [3.05, 3.63) is 17.4 Å². The van der Waals surface area contributed by atoms with Crippen molar-refractivity contribution in [3.63, 3.8) is 0 Å². The van der Waals surface area contributed by atoms with E-state index < -0.39 is 167 Å². The zero-order valence-electron chi connectivity index (χ0n) is 59.9. The SMILES string of the molecule is C/C=C/C[C@@H](C)[C@@H](O)[C@@H]1CC(=O)[C@H](C(C)C)N(C)C(=O)[C@H](CC(C)C)CC(=O)[C@H](CC(C)C)N(C)C(=O)[C@@H](C)NC(=O)[C@H](C)CC(=O)[C@H](CC(C)C)N(C)C(=O)[C@H](C(C)C)CC(=O)[C@H]([C@@H](C)OCCCC[N+]2([O-])CCOCC2)N(C)C(=O)CCC(=O)[C@H](CC)NC1=O. The Morgan fingerprint density at radius 3 is 1.66 bits per heavy atom. The number of amides is 6. The molecule has 22 nitrogen and oxygen atoms in total. The van der Waals surface area contributed by atoms with Crippen LogP contribution in [0.1, 0.15) is 194 Å². The smallest absolute Gasteiger partial charge is 0.245 e. The second-order valence-electron chi connectivity index (χ2n) is 28.7. The lowest BCUT2D eigenvalue weighted by atomic mass is 9.82. The number of nitrogens with zero attached hydrogens (tertiary/aromatic N) is 5. The van der Waals surface area contributed by atoms with Crippen molar-refractivity contribution < 1.29 is 72.0 Å². The first-order valence-electron chi connectivity index (χ1n) is 34.2. The second kappa shape index (κ2) is 39.5. The molecule has 2 aliphatic rings. The van der Waals surface area contributed by atoms with Crippen LogP contribution in [0.15, 0.2) is 12.2 Å². The minimum absolute atomic E-state index is 0.0745. The van der Waals surface area contributed by atoms with Crippen LogP contribution in [0.3, 0.4) is 0 Å². The van der Waals surface area contributed by atoms with E-state index >= 15 is 0 Å². The quantitative estimate of drug-likeness (QED) is 0.0466. The molecule has 0 aromatic heterocycles. The van der Waals surface area contributed by atoms with Gasteiger partial charge in [-0.15, -0.1) is 0 Å². The predicted molar refractivity (Wildman–Crippen MR) is 355 cm³/mol. The van der Waals surface area contributed by atoms with Crippen LogP contribution in [-0.4, -0.2) is 210 Å². The summed E-state index contributed by atoms with van der Waals surface area (Å²) in [7, 11) is 5.88. The number of morpholine rings is 1. The van der Waals surface area contributed by atoms with Gasteiger partial charge in [-0.05, 0) is 101 Å². The fraction of sp³-hybridized carbons (Fsp3) is 0.814. The number of quaternary nitrogens is 1. The highest BCUT2D eigenvalue weighted by Gasteiger charge is 2.43. The molecule has 0 unspecified atom stereocenters. The van der Waals surface area contributed by atoms with Gasteiger partial charge in [0.2, 0.25) is 35.4 Å². The molecule has 2 heterocycles. The molecule has 2 aliphatic heterocycles. The maximum Gasteiger partial charge on any atom is 0.245 e. The Morgan fingerprint density at radius 2 is 1.14 bits per heavy atom. The van der Waals surface area contributed by atoms with Gasteiger partial charge in [-0.3, -0.25) is 52.7 Å². The lowest BCUT2D eigenvalue weighted by Crippen LogP contribution is -2.53. The monoisotopic (exact) mass is 1300 g/mol. The molecule has 0 saturated carbocycles. The number of nitrogens with one attached hydrogen (secondary N) is 2. The third-order valence-corrected chi connectivity index (χ3v) is 18.7. The van der Waals surface area contributed by atoms with E-state index in [4.69, 9.17) is 9.47 Å². The summed E-state index contributed by atoms with van der Waals surface area (Å²) in [5.41, 5.74) is 0. The van der Waals surface area contributed by atoms with E-state index in [-0.39, 0.29) is 80.4 Å². The van der Waals surface area contributed by atoms with Gasteiger partial charge in [-0.1, -0.05) is 102 Å². The molecule has 0 radical (unpaired) electrons. The van der Waals surface area contributed by atoms with Crippen molar-refractivity contribution in [2.45, 2.75) is 243 Å². The van der Waals surface area contributed by atoms with Crippen molar-refractivity contribution in [1.29, 1.82) is 0 Å². The molecule has 0 aromatic rings. The highest BCUT2D eigenvalue weighted by Crippen LogP contribution is 2.30. The van der Waals surface area contributed by atoms with Crippen LogP contribution in [-0.2, 0) is 62.2 Å². The minimum atomic E-state index is -1.40. The molecule has 0 spiro atoms. The molecule has 0 bridgehead atoms. The first kappa shape index (κ1) is 82.8. The zero-order chi connectivity index (χ0) is 70.2. The Labute approximate surface area is 551 Å². The van der Waals surface area contributed by atoms with Crippen LogP contribution < -0.4 is 10.6 Å². The van der Waals surface area contributed by atoms with Gasteiger partial charge >= 0.3 is 0 Å². The zero-order valence-corrected chi connectivity index (χ0v) is 59.9. The average molecular weight is 1300 g/mol. The Bertz CT molecular complexity index is 2480. The number of unbranched alkanes of at least 4 members (excludes halogenated alkanes) is 1. The lowest BCUT2D eigenvalue weighted by molar-refractivity contribution is -0.888. The molecule has 22 heteroatoms. The molecule has 0 aromatic carbocycles. The van der Waals surface area contributed by atoms with Gasteiger partial charge < -0.3 is 54.7 Å². The fourth-order valence-corrected chi connectivity index (χ4v) is 12.9. The lowest BCUT2D eigenvalue weighted by Gasteiger charge is -2.45. The molecule has 2 saturated heterocycles. The molecule has 526 valence electrons. The average Bonchev–Trinajstić information content (AvgIpc) is 0.877. The molecule has 2 rings (SSSR count). The third-order valence-electron chi connectivity index (χ3n) is 18.7. The maximum absolute atomic E-state index is 15.0. The molecule has 6 amide bonds. The number of aliphatic hydroxyl groups is 1. The molecular weight excluding hydrogens is 1180 g/mol. The van der Waals surface area contributed by atoms with Crippen molar-refractivity contribution >= 4 is 64.4 Å². The number of rotatable bonds is 20. The number of carbonyl (C=O) groups excluding carboxylic acids is 11. The molecule has 0 aliphatic carbocycles. The summed E-state index contributed by atoms with van der Waals surface area (Å²) in [4.78, 5) is 166. The number of hydrogen-bond donors (Lipinski definition) is 3. The van der Waals surface area contributed by atoms with E-state index in [9.17, 15) is 63.1 Å². The Hall–Kier alpha value is -5.29. The predicted octanol–water partition coefficient (Wildman–Crippen LogP) is 7.32. The van der Waals surface area contributed by atoms with E-state index in [0.717, 1.165) is 0 Å². The van der Waals surface area contributed by atoms with Crippen molar-refractivity contribution in [1.82, 2.24) is 30.2 Å². The van der Waals surface area contributed by atoms with Gasteiger partial charge in [-0.25, -0.2) is 0 Å². The van der Waals surface area contributed by atoms with E-state index in [1.165, 1.54) is 54.7 Å². The number of carbonyl (C=O) groups is 11. The summed E-state index contributed by atoms with van der Waals surface area (Å²) >= 11 is 0. The number of allylic oxidation sites excluding steroid dienone is 2. The second-order valence-corrected chi connectivity index (χ2v) is 28.7. The van der Waals surface area contributed by atoms with Gasteiger partial charge in [0.15, 0.2) is 28.9 Å². The van der Waals surface area contributed by atoms with Crippen LogP contribution in [0.2, 0.25) is 0 Å². The van der Waals surface area contributed by atoms with E-state index in [1.54, 1.807) is 61.5 Å². The number of hydroxylamine groups is 3. The van der Waals surface area contributed by atoms with E-state index in [2.05, 4.69) is 10.6 Å². The number of Topliss-reactive ketones (excluding diaryl/α,β-unsaturated/α-hetero) is 5. The highest BCUT2D eigenvalue weighted by molar-refractivity contribution is 5.99. The summed E-state index contributed by atoms with van der Waals surface area (Å²) in [6.45, 7) is 30.3. The van der Waals surface area contributed by atoms with E-state index in [0.29, 0.717) is 52.1 Å². The number of ether oxygens (including phenoxy) is 2. The summed E-state index contributed by atoms with van der Waals surface area (Å²) in [5, 5.41) is 30.8. The number of ketones is 5. The van der Waals surface area contributed by atoms with Crippen LogP contribution in [0.4, 0.5) is 0 Å². The third kappa shape index (κ3) is 25.5. The number of hydrogen-bond acceptors (Lipinski definition) is 15. The summed E-state index contributed by atoms with van der Waals surface area (Å²) in [6, 6.07) is -6.76. The molecule has 3 N–H and O–H groups in total. The number of likely N-dealkylation sites (N-methyl/N-ethyl adjacent to an activating group) is 4. The summed E-state index contributed by atoms with van der Waals surface area (Å²) in [5.74, 6) is -12.1. The normalized spacial score (nSPS) is 27.7. The van der Waals surface area contributed by atoms with Gasteiger partial charge in [0, 0.05) is 91.1 Å². The van der Waals surface area contributed by atoms with Crippen molar-refractivity contribution in [3.8, 4) is 0 Å². The van der Waals surface area contributed by atoms with Gasteiger partial charge in [0.1, 0.15) is 25.2 Å². The first-order chi connectivity index (χ1) is 42.9. The van der Waals surface area contributed by atoms with E-state index in [1.807, 2.05) is 54.5 Å². The van der Waals surface area contributed by atoms with Crippen molar-refractivity contribution in [2.75, 3.05) is 67.6 Å². The summed E-state index contributed by atoms with van der Waals surface area (Å²) < 4.78 is 11.3. The molecular formula is C70H121N7O15. The Kier molecular flexibility index (Phi) is 35.6. The van der Waals surface area contributed by atoms with Gasteiger partial charge in [-0.2, -0.15) is 0 Å². The Balaban J connectivity index is 2.87. The molecule has 13 atom stereocenters. The minimum Gasteiger partial charge on any atom is -0.633 e. The highest BCUT2D eigenvalue weighted by atomic mass is 16.6. The standard InChI is InChI=1S/C70H121N7O15/c1-21-23-26-47(13)65(84)53-41-60(81)63(46(11)12)76(20)69(88)51(35-42(3)4)39-59(80)56(37-44(7)8)73(17)68(87)49(15)71-66(85)48(14)38-58(79)55(36-43(5)6)74(18)70(89)52(45(9)10)40-61(82)64(50(16)92-32-25-24-29-77(90)30-33-91-34-31-77)75(19)62(83)28-27-57(78)54(22-2)72-67(53)86/h21,23,42-56,63-65,84H,22,24-41H2,1-20H3,(H,71,85)(H,72,86)/b23-21+/t47-,48-,49-,50-,51-,52+,53+,54+,55+,56+,63+,64+,65-/m1/s1. The van der Waals surface area contributed by atoms with Crippen LogP contribution in [0.25, 0.3) is 0 Å². The van der Waals surface area contributed by atoms with Gasteiger partial charge in [0.25, 0.3) is 0 Å². The van der Waals surface area contributed by atoms with Crippen molar-refractivity contribution in [2.24, 2.45) is 59.2 Å².